The molecule has 0 aromatic heterocycles. The number of carbonyl (C=O) groups is 3. The minimum atomic E-state index is -2.16. The summed E-state index contributed by atoms with van der Waals surface area (Å²) < 4.78 is 0. The first-order valence-corrected chi connectivity index (χ1v) is 4.04. The van der Waals surface area contributed by atoms with Crippen LogP contribution in [0.15, 0.2) is 0 Å². The van der Waals surface area contributed by atoms with Gasteiger partial charge < -0.3 is 29.7 Å². The SMILES string of the molecule is O=C([O-])C1CCC(C(=O)[O-])(C(=O)[O-])C1.[K+].[K+].[K+]. The van der Waals surface area contributed by atoms with Gasteiger partial charge in [0.05, 0.1) is 17.4 Å². The average molecular weight is 316 g/mol. The van der Waals surface area contributed by atoms with E-state index in [-0.39, 0.29) is 167 Å². The molecule has 1 rings (SSSR count). The molecule has 1 aliphatic rings. The molecule has 0 amide bonds. The molecule has 6 nitrogen and oxygen atoms in total. The molecule has 0 aromatic rings. The first kappa shape index (κ1) is 25.3. The maximum Gasteiger partial charge on any atom is 1.00 e. The smallest absolute Gasteiger partial charge is 0.550 e. The zero-order valence-corrected chi connectivity index (χ0v) is 19.5. The normalized spacial score (nSPS) is 20.1. The van der Waals surface area contributed by atoms with Crippen LogP contribution >= 0.6 is 0 Å². The van der Waals surface area contributed by atoms with Gasteiger partial charge in [-0.3, -0.25) is 0 Å². The topological polar surface area (TPSA) is 120 Å². The summed E-state index contributed by atoms with van der Waals surface area (Å²) in [6.45, 7) is 0. The molecule has 78 valence electrons. The van der Waals surface area contributed by atoms with Crippen LogP contribution in [0.4, 0.5) is 0 Å². The standard InChI is InChI=1S/C8H10O6.3K/c9-5(10)4-1-2-8(3-4,6(11)12)7(13)14;;;/h4H,1-3H2,(H,9,10)(H,11,12)(H,13,14);;;/q;3*+1/p-3. The largest absolute Gasteiger partial charge is 1.00 e. The molecule has 0 spiro atoms. The summed E-state index contributed by atoms with van der Waals surface area (Å²) in [6.07, 6.45) is -0.833. The van der Waals surface area contributed by atoms with Crippen molar-refractivity contribution in [2.45, 2.75) is 19.3 Å². The summed E-state index contributed by atoms with van der Waals surface area (Å²) >= 11 is 0. The summed E-state index contributed by atoms with van der Waals surface area (Å²) in [4.78, 5) is 31.6. The quantitative estimate of drug-likeness (QED) is 0.376. The fraction of sp³-hybridized carbons (Fsp3) is 0.625. The molecule has 17 heavy (non-hydrogen) atoms. The van der Waals surface area contributed by atoms with E-state index in [9.17, 15) is 29.7 Å². The van der Waals surface area contributed by atoms with E-state index in [1.165, 1.54) is 0 Å². The predicted octanol–water partition coefficient (Wildman–Crippen LogP) is -13.0. The molecule has 0 saturated heterocycles. The molecule has 1 unspecified atom stereocenters. The Hall–Kier alpha value is 3.32. The molecular formula is C8H7K3O6. The molecule has 1 fully saturated rings. The van der Waals surface area contributed by atoms with Crippen molar-refractivity contribution < 1.29 is 184 Å². The first-order chi connectivity index (χ1) is 6.40. The van der Waals surface area contributed by atoms with Gasteiger partial charge in [-0.2, -0.15) is 0 Å². The zero-order chi connectivity index (χ0) is 10.9. The second-order valence-corrected chi connectivity index (χ2v) is 3.42. The van der Waals surface area contributed by atoms with Gasteiger partial charge in [-0.25, -0.2) is 0 Å². The Balaban J connectivity index is -0.000000653. The maximum atomic E-state index is 10.6. The third-order valence-electron chi connectivity index (χ3n) is 2.63. The van der Waals surface area contributed by atoms with Crippen LogP contribution in [0.2, 0.25) is 0 Å². The Bertz CT molecular complexity index is 292. The van der Waals surface area contributed by atoms with Crippen molar-refractivity contribution in [3.8, 4) is 0 Å². The van der Waals surface area contributed by atoms with Crippen LogP contribution in [0, 0.1) is 11.3 Å². The van der Waals surface area contributed by atoms with Crippen molar-refractivity contribution in [3.63, 3.8) is 0 Å². The van der Waals surface area contributed by atoms with Crippen molar-refractivity contribution in [2.24, 2.45) is 11.3 Å². The van der Waals surface area contributed by atoms with E-state index in [1.807, 2.05) is 0 Å². The third kappa shape index (κ3) is 6.30. The molecule has 0 heterocycles. The van der Waals surface area contributed by atoms with E-state index >= 15 is 0 Å². The van der Waals surface area contributed by atoms with E-state index < -0.39 is 35.7 Å². The number of hydrogen-bond acceptors (Lipinski definition) is 6. The van der Waals surface area contributed by atoms with Gasteiger partial charge >= 0.3 is 154 Å². The summed E-state index contributed by atoms with van der Waals surface area (Å²) in [7, 11) is 0. The molecule has 0 aromatic carbocycles. The van der Waals surface area contributed by atoms with Gasteiger partial charge in [-0.15, -0.1) is 0 Å². The Morgan fingerprint density at radius 2 is 1.35 bits per heavy atom. The maximum absolute atomic E-state index is 10.6. The Morgan fingerprint density at radius 3 is 1.53 bits per heavy atom. The van der Waals surface area contributed by atoms with Gasteiger partial charge in [-0.05, 0) is 25.2 Å². The van der Waals surface area contributed by atoms with Crippen LogP contribution in [0.25, 0.3) is 0 Å². The predicted molar refractivity (Wildman–Crippen MR) is 34.8 cm³/mol. The third-order valence-corrected chi connectivity index (χ3v) is 2.63. The van der Waals surface area contributed by atoms with E-state index in [4.69, 9.17) is 0 Å². The summed E-state index contributed by atoms with van der Waals surface area (Å²) in [6, 6.07) is 0. The Morgan fingerprint density at radius 1 is 0.941 bits per heavy atom. The van der Waals surface area contributed by atoms with Gasteiger partial charge in [-0.1, -0.05) is 0 Å². The first-order valence-electron chi connectivity index (χ1n) is 4.04. The fourth-order valence-corrected chi connectivity index (χ4v) is 1.70. The molecule has 0 radical (unpaired) electrons. The van der Waals surface area contributed by atoms with E-state index in [1.54, 1.807) is 0 Å². The second kappa shape index (κ2) is 11.0. The van der Waals surface area contributed by atoms with E-state index in [0.717, 1.165) is 0 Å². The molecule has 0 bridgehead atoms. The number of carbonyl (C=O) groups excluding carboxylic acids is 3. The van der Waals surface area contributed by atoms with Crippen molar-refractivity contribution in [3.05, 3.63) is 0 Å². The molecule has 0 aliphatic heterocycles. The number of aliphatic carboxylic acids is 3. The molecule has 1 atom stereocenters. The van der Waals surface area contributed by atoms with Gasteiger partial charge in [0.1, 0.15) is 0 Å². The fourth-order valence-electron chi connectivity index (χ4n) is 1.70. The zero-order valence-electron chi connectivity index (χ0n) is 10.1. The van der Waals surface area contributed by atoms with Crippen LogP contribution in [-0.2, 0) is 14.4 Å². The second-order valence-electron chi connectivity index (χ2n) is 3.42. The van der Waals surface area contributed by atoms with E-state index in [2.05, 4.69) is 0 Å². The van der Waals surface area contributed by atoms with Crippen LogP contribution in [0.5, 0.6) is 0 Å². The Labute approximate surface area is 226 Å². The minimum absolute atomic E-state index is 0. The van der Waals surface area contributed by atoms with Crippen molar-refractivity contribution in [1.82, 2.24) is 0 Å². The van der Waals surface area contributed by atoms with Gasteiger partial charge in [0.25, 0.3) is 0 Å². The number of rotatable bonds is 3. The van der Waals surface area contributed by atoms with E-state index in [0.29, 0.717) is 0 Å². The average Bonchev–Trinajstić information content (AvgIpc) is 2.48. The Kier molecular flexibility index (Phi) is 16.3. The number of hydrogen-bond donors (Lipinski definition) is 0. The number of carboxylic acid groups (broad SMARTS) is 3. The van der Waals surface area contributed by atoms with Gasteiger partial charge in [0, 0.05) is 5.97 Å². The molecular weight excluding hydrogens is 309 g/mol. The molecule has 9 heteroatoms. The van der Waals surface area contributed by atoms with Crippen LogP contribution in [-0.4, -0.2) is 17.9 Å². The van der Waals surface area contributed by atoms with Crippen molar-refractivity contribution >= 4 is 17.9 Å². The minimum Gasteiger partial charge on any atom is -0.550 e. The summed E-state index contributed by atoms with van der Waals surface area (Å²) in [5.74, 6) is -6.07. The molecule has 1 saturated carbocycles. The van der Waals surface area contributed by atoms with Crippen LogP contribution in [0.3, 0.4) is 0 Å². The summed E-state index contributed by atoms with van der Waals surface area (Å²) in [5, 5.41) is 31.6. The molecule has 1 aliphatic carbocycles. The monoisotopic (exact) mass is 316 g/mol. The molecule has 0 N–H and O–H groups in total. The van der Waals surface area contributed by atoms with Crippen molar-refractivity contribution in [2.75, 3.05) is 0 Å². The van der Waals surface area contributed by atoms with Crippen LogP contribution in [0.1, 0.15) is 19.3 Å². The van der Waals surface area contributed by atoms with Gasteiger partial charge in [0.2, 0.25) is 0 Å². The van der Waals surface area contributed by atoms with Crippen LogP contribution < -0.4 is 169 Å². The van der Waals surface area contributed by atoms with Gasteiger partial charge in [0.15, 0.2) is 0 Å². The van der Waals surface area contributed by atoms with Crippen molar-refractivity contribution in [1.29, 1.82) is 0 Å². The number of carboxylic acids is 3. The summed E-state index contributed by atoms with van der Waals surface area (Å²) in [5.41, 5.74) is -2.16.